The van der Waals surface area contributed by atoms with Gasteiger partial charge in [-0.05, 0) is 36.3 Å². The lowest BCUT2D eigenvalue weighted by molar-refractivity contribution is -0.124. The number of nitrogens with zero attached hydrogens (tertiary/aromatic N) is 1. The highest BCUT2D eigenvalue weighted by Gasteiger charge is 2.04. The van der Waals surface area contributed by atoms with E-state index < -0.39 is 5.91 Å². The van der Waals surface area contributed by atoms with Crippen LogP contribution in [0.1, 0.15) is 27.0 Å². The van der Waals surface area contributed by atoms with Crippen LogP contribution in [0.15, 0.2) is 59.7 Å². The van der Waals surface area contributed by atoms with Crippen LogP contribution >= 0.6 is 0 Å². The van der Waals surface area contributed by atoms with E-state index in [0.29, 0.717) is 11.1 Å². The molecule has 0 aliphatic heterocycles. The van der Waals surface area contributed by atoms with Crippen molar-refractivity contribution in [2.75, 3.05) is 0 Å². The summed E-state index contributed by atoms with van der Waals surface area (Å²) >= 11 is 0. The van der Waals surface area contributed by atoms with E-state index in [0.717, 1.165) is 17.2 Å². The van der Waals surface area contributed by atoms with Gasteiger partial charge in [0.05, 0.1) is 6.21 Å². The molecule has 0 atom stereocenters. The van der Waals surface area contributed by atoms with Gasteiger partial charge >= 0.3 is 0 Å². The number of aryl methyl sites for hydroxylation is 1. The van der Waals surface area contributed by atoms with Crippen molar-refractivity contribution in [1.82, 2.24) is 10.9 Å². The standard InChI is InChI=1S/C18H17N3O3/c1-13-5-7-15(8-6-13)12-19-20-18(23)16-4-2-3-14(11-16)9-10-17(22)21-24/h2-12,24H,1H3,(H,20,23)(H,21,22)/b10-9+,19-12+. The molecule has 6 nitrogen and oxygen atoms in total. The van der Waals surface area contributed by atoms with Gasteiger partial charge in [0.15, 0.2) is 0 Å². The maximum Gasteiger partial charge on any atom is 0.271 e. The van der Waals surface area contributed by atoms with E-state index in [1.807, 2.05) is 31.2 Å². The lowest BCUT2D eigenvalue weighted by atomic mass is 10.1. The molecule has 0 aromatic heterocycles. The highest BCUT2D eigenvalue weighted by molar-refractivity contribution is 5.96. The van der Waals surface area contributed by atoms with Crippen molar-refractivity contribution in [1.29, 1.82) is 0 Å². The third-order valence-electron chi connectivity index (χ3n) is 3.14. The van der Waals surface area contributed by atoms with E-state index in [4.69, 9.17) is 5.21 Å². The SMILES string of the molecule is Cc1ccc(/C=N/NC(=O)c2cccc(/C=C/C(=O)NO)c2)cc1. The van der Waals surface area contributed by atoms with Gasteiger partial charge in [0.25, 0.3) is 11.8 Å². The van der Waals surface area contributed by atoms with Crippen LogP contribution in [0, 0.1) is 6.92 Å². The van der Waals surface area contributed by atoms with Crippen molar-refractivity contribution in [2.24, 2.45) is 5.10 Å². The first-order chi connectivity index (χ1) is 11.6. The first kappa shape index (κ1) is 17.1. The number of carbonyl (C=O) groups excluding carboxylic acids is 2. The molecule has 2 aromatic rings. The number of hydrogen-bond acceptors (Lipinski definition) is 4. The topological polar surface area (TPSA) is 90.8 Å². The van der Waals surface area contributed by atoms with Gasteiger partial charge in [0, 0.05) is 11.6 Å². The van der Waals surface area contributed by atoms with E-state index in [1.165, 1.54) is 11.6 Å². The zero-order chi connectivity index (χ0) is 17.4. The summed E-state index contributed by atoms with van der Waals surface area (Å²) in [6.45, 7) is 1.99. The molecule has 0 unspecified atom stereocenters. The molecule has 0 spiro atoms. The Kier molecular flexibility index (Phi) is 5.99. The van der Waals surface area contributed by atoms with Crippen LogP contribution in [0.4, 0.5) is 0 Å². The smallest absolute Gasteiger partial charge is 0.271 e. The molecule has 0 heterocycles. The third-order valence-corrected chi connectivity index (χ3v) is 3.14. The van der Waals surface area contributed by atoms with Crippen LogP contribution < -0.4 is 10.9 Å². The van der Waals surface area contributed by atoms with Gasteiger partial charge in [-0.25, -0.2) is 10.9 Å². The van der Waals surface area contributed by atoms with E-state index in [1.54, 1.807) is 30.5 Å². The fourth-order valence-electron chi connectivity index (χ4n) is 1.88. The van der Waals surface area contributed by atoms with Crippen molar-refractivity contribution < 1.29 is 14.8 Å². The van der Waals surface area contributed by atoms with Crippen LogP contribution in [0.25, 0.3) is 6.08 Å². The van der Waals surface area contributed by atoms with Crippen LogP contribution in [-0.2, 0) is 4.79 Å². The fourth-order valence-corrected chi connectivity index (χ4v) is 1.88. The molecule has 0 fully saturated rings. The van der Waals surface area contributed by atoms with Gasteiger partial charge in [0.2, 0.25) is 0 Å². The van der Waals surface area contributed by atoms with Gasteiger partial charge in [-0.15, -0.1) is 0 Å². The molecule has 6 heteroatoms. The van der Waals surface area contributed by atoms with Gasteiger partial charge in [-0.3, -0.25) is 14.8 Å². The number of hydrogen-bond donors (Lipinski definition) is 3. The minimum atomic E-state index is -0.646. The van der Waals surface area contributed by atoms with Crippen molar-refractivity contribution in [3.8, 4) is 0 Å². The van der Waals surface area contributed by atoms with Crippen LogP contribution in [0.2, 0.25) is 0 Å². The molecule has 3 N–H and O–H groups in total. The summed E-state index contributed by atoms with van der Waals surface area (Å²) in [5.74, 6) is -1.01. The minimum Gasteiger partial charge on any atom is -0.288 e. The van der Waals surface area contributed by atoms with Crippen LogP contribution in [0.5, 0.6) is 0 Å². The number of carbonyl (C=O) groups is 2. The van der Waals surface area contributed by atoms with Crippen molar-refractivity contribution in [2.45, 2.75) is 6.92 Å². The predicted molar refractivity (Wildman–Crippen MR) is 91.6 cm³/mol. The Morgan fingerprint density at radius 1 is 1.08 bits per heavy atom. The average Bonchev–Trinajstić information content (AvgIpc) is 2.61. The monoisotopic (exact) mass is 323 g/mol. The molecule has 0 aliphatic rings. The number of amides is 2. The summed E-state index contributed by atoms with van der Waals surface area (Å²) in [4.78, 5) is 23.0. The number of hydrazone groups is 1. The molecule has 0 saturated carbocycles. The molecule has 122 valence electrons. The normalized spacial score (nSPS) is 10.9. The summed E-state index contributed by atoms with van der Waals surface area (Å²) in [7, 11) is 0. The number of benzene rings is 2. The van der Waals surface area contributed by atoms with E-state index in [-0.39, 0.29) is 5.91 Å². The van der Waals surface area contributed by atoms with Crippen molar-refractivity contribution >= 4 is 24.1 Å². The van der Waals surface area contributed by atoms with Crippen molar-refractivity contribution in [3.05, 3.63) is 76.9 Å². The Bertz CT molecular complexity index is 780. The summed E-state index contributed by atoms with van der Waals surface area (Å²) in [6.07, 6.45) is 4.21. The molecule has 2 aromatic carbocycles. The highest BCUT2D eigenvalue weighted by atomic mass is 16.5. The second-order valence-electron chi connectivity index (χ2n) is 5.04. The molecule has 24 heavy (non-hydrogen) atoms. The third kappa shape index (κ3) is 5.19. The molecule has 2 amide bonds. The van der Waals surface area contributed by atoms with Gasteiger partial charge in [-0.1, -0.05) is 42.0 Å². The molecular formula is C18H17N3O3. The van der Waals surface area contributed by atoms with Gasteiger partial charge < -0.3 is 0 Å². The van der Waals surface area contributed by atoms with E-state index >= 15 is 0 Å². The molecule has 2 rings (SSSR count). The predicted octanol–water partition coefficient (Wildman–Crippen LogP) is 2.28. The second kappa shape index (κ2) is 8.40. The quantitative estimate of drug-likeness (QED) is 0.341. The Labute approximate surface area is 139 Å². The van der Waals surface area contributed by atoms with Gasteiger partial charge in [-0.2, -0.15) is 5.10 Å². The molecule has 0 bridgehead atoms. The maximum absolute atomic E-state index is 12.1. The Hall–Kier alpha value is -3.25. The number of hydroxylamine groups is 1. The van der Waals surface area contributed by atoms with Crippen molar-refractivity contribution in [3.63, 3.8) is 0 Å². The summed E-state index contributed by atoms with van der Waals surface area (Å²) in [5, 5.41) is 12.4. The number of nitrogens with one attached hydrogen (secondary N) is 2. The van der Waals surface area contributed by atoms with Gasteiger partial charge in [0.1, 0.15) is 0 Å². The van der Waals surface area contributed by atoms with E-state index in [9.17, 15) is 9.59 Å². The van der Waals surface area contributed by atoms with Crippen LogP contribution in [-0.4, -0.2) is 23.2 Å². The number of rotatable bonds is 5. The average molecular weight is 323 g/mol. The minimum absolute atomic E-state index is 0.361. The zero-order valence-electron chi connectivity index (χ0n) is 13.1. The molecule has 0 radical (unpaired) electrons. The summed E-state index contributed by atoms with van der Waals surface area (Å²) < 4.78 is 0. The fraction of sp³-hybridized carbons (Fsp3) is 0.0556. The Balaban J connectivity index is 2.00. The second-order valence-corrected chi connectivity index (χ2v) is 5.04. The summed E-state index contributed by atoms with van der Waals surface area (Å²) in [6, 6.07) is 14.4. The van der Waals surface area contributed by atoms with Crippen LogP contribution in [0.3, 0.4) is 0 Å². The summed E-state index contributed by atoms with van der Waals surface area (Å²) in [5.41, 5.74) is 7.03. The Morgan fingerprint density at radius 3 is 2.54 bits per heavy atom. The first-order valence-electron chi connectivity index (χ1n) is 7.21. The Morgan fingerprint density at radius 2 is 1.83 bits per heavy atom. The molecular weight excluding hydrogens is 306 g/mol. The van der Waals surface area contributed by atoms with E-state index in [2.05, 4.69) is 10.5 Å². The molecule has 0 saturated heterocycles. The maximum atomic E-state index is 12.1. The largest absolute Gasteiger partial charge is 0.288 e. The highest BCUT2D eigenvalue weighted by Crippen LogP contribution is 2.07. The first-order valence-corrected chi connectivity index (χ1v) is 7.21. The lowest BCUT2D eigenvalue weighted by Crippen LogP contribution is -2.17. The lowest BCUT2D eigenvalue weighted by Gasteiger charge is -2.01. The molecule has 0 aliphatic carbocycles. The zero-order valence-corrected chi connectivity index (χ0v) is 13.1.